The molecule has 2 saturated carbocycles. The van der Waals surface area contributed by atoms with Crippen molar-refractivity contribution >= 4 is 0 Å². The first-order valence-corrected chi connectivity index (χ1v) is 8.23. The normalized spacial score (nSPS) is 36.9. The van der Waals surface area contributed by atoms with Gasteiger partial charge in [-0.2, -0.15) is 0 Å². The van der Waals surface area contributed by atoms with Gasteiger partial charge in [-0.3, -0.25) is 0 Å². The fourth-order valence-corrected chi connectivity index (χ4v) is 4.57. The van der Waals surface area contributed by atoms with E-state index in [0.29, 0.717) is 5.41 Å². The van der Waals surface area contributed by atoms with Gasteiger partial charge >= 0.3 is 0 Å². The van der Waals surface area contributed by atoms with Crippen LogP contribution >= 0.6 is 0 Å². The molecule has 5 unspecified atom stereocenters. The third-order valence-corrected chi connectivity index (χ3v) is 6.54. The summed E-state index contributed by atoms with van der Waals surface area (Å²) in [6.07, 6.45) is 3.90. The molecule has 0 aliphatic heterocycles. The summed E-state index contributed by atoms with van der Waals surface area (Å²) < 4.78 is 12.3. The maximum Gasteiger partial charge on any atom is 0.134 e. The van der Waals surface area contributed by atoms with Crippen LogP contribution in [0.25, 0.3) is 0 Å². The summed E-state index contributed by atoms with van der Waals surface area (Å²) in [5.41, 5.74) is 6.80. The molecular weight excluding hydrogens is 262 g/mol. The molecule has 3 rings (SSSR count). The highest BCUT2D eigenvalue weighted by molar-refractivity contribution is 5.14. The number of rotatable bonds is 4. The van der Waals surface area contributed by atoms with Gasteiger partial charge in [-0.1, -0.05) is 20.8 Å². The molecule has 3 heteroatoms. The van der Waals surface area contributed by atoms with Crippen molar-refractivity contribution in [2.75, 3.05) is 0 Å². The highest BCUT2D eigenvalue weighted by atomic mass is 16.5. The van der Waals surface area contributed by atoms with Crippen molar-refractivity contribution in [2.24, 2.45) is 22.5 Å². The molecule has 3 nitrogen and oxygen atoms in total. The number of ether oxygens (including phenoxy) is 1. The van der Waals surface area contributed by atoms with E-state index in [1.165, 1.54) is 12.8 Å². The Morgan fingerprint density at radius 3 is 2.48 bits per heavy atom. The lowest BCUT2D eigenvalue weighted by Gasteiger charge is -2.40. The Morgan fingerprint density at radius 1 is 1.33 bits per heavy atom. The van der Waals surface area contributed by atoms with E-state index in [1.807, 2.05) is 26.0 Å². The molecule has 2 aliphatic carbocycles. The quantitative estimate of drug-likeness (QED) is 0.904. The molecule has 1 aromatic heterocycles. The first-order valence-electron chi connectivity index (χ1n) is 8.23. The molecular formula is C18H29NO2. The molecule has 21 heavy (non-hydrogen) atoms. The van der Waals surface area contributed by atoms with E-state index in [-0.39, 0.29) is 23.7 Å². The second kappa shape index (κ2) is 4.85. The minimum absolute atomic E-state index is 0.0682. The Kier molecular flexibility index (Phi) is 3.49. The first-order chi connectivity index (χ1) is 9.75. The lowest BCUT2D eigenvalue weighted by Crippen LogP contribution is -2.40. The lowest BCUT2D eigenvalue weighted by molar-refractivity contribution is -0.101. The Bertz CT molecular complexity index is 519. The molecule has 5 atom stereocenters. The predicted octanol–water partition coefficient (Wildman–Crippen LogP) is 4.21. The van der Waals surface area contributed by atoms with Gasteiger partial charge in [0.05, 0.1) is 6.10 Å². The monoisotopic (exact) mass is 291 g/mol. The summed E-state index contributed by atoms with van der Waals surface area (Å²) >= 11 is 0. The minimum Gasteiger partial charge on any atom is -0.464 e. The van der Waals surface area contributed by atoms with Gasteiger partial charge < -0.3 is 14.9 Å². The van der Waals surface area contributed by atoms with Gasteiger partial charge in [0.2, 0.25) is 0 Å². The SMILES string of the molecule is Cc1ccc(C(OC2CC3CCC2(C)C3(C)C)C(C)N)o1. The summed E-state index contributed by atoms with van der Waals surface area (Å²) in [4.78, 5) is 0. The van der Waals surface area contributed by atoms with Crippen LogP contribution in [0.2, 0.25) is 0 Å². The molecule has 0 amide bonds. The number of fused-ring (bicyclic) bond motifs is 2. The van der Waals surface area contributed by atoms with Crippen LogP contribution in [0.15, 0.2) is 16.5 Å². The van der Waals surface area contributed by atoms with E-state index in [9.17, 15) is 0 Å². The van der Waals surface area contributed by atoms with Crippen molar-refractivity contribution in [3.8, 4) is 0 Å². The van der Waals surface area contributed by atoms with E-state index in [2.05, 4.69) is 20.8 Å². The van der Waals surface area contributed by atoms with Gasteiger partial charge in [0.1, 0.15) is 17.6 Å². The molecule has 0 saturated heterocycles. The van der Waals surface area contributed by atoms with Crippen LogP contribution in [-0.4, -0.2) is 12.1 Å². The average Bonchev–Trinajstić information content (AvgIpc) is 2.96. The van der Waals surface area contributed by atoms with Crippen molar-refractivity contribution in [1.29, 1.82) is 0 Å². The number of aryl methyl sites for hydroxylation is 1. The topological polar surface area (TPSA) is 48.4 Å². The summed E-state index contributed by atoms with van der Waals surface area (Å²) in [5.74, 6) is 2.56. The van der Waals surface area contributed by atoms with E-state index in [1.54, 1.807) is 0 Å². The zero-order valence-corrected chi connectivity index (χ0v) is 14.0. The van der Waals surface area contributed by atoms with Crippen LogP contribution in [0.4, 0.5) is 0 Å². The van der Waals surface area contributed by atoms with Crippen LogP contribution in [0.1, 0.15) is 64.6 Å². The van der Waals surface area contributed by atoms with Gasteiger partial charge in [0.15, 0.2) is 0 Å². The van der Waals surface area contributed by atoms with E-state index >= 15 is 0 Å². The summed E-state index contributed by atoms with van der Waals surface area (Å²) in [5, 5.41) is 0. The smallest absolute Gasteiger partial charge is 0.134 e. The Morgan fingerprint density at radius 2 is 2.05 bits per heavy atom. The van der Waals surface area contributed by atoms with Crippen molar-refractivity contribution < 1.29 is 9.15 Å². The van der Waals surface area contributed by atoms with Crippen LogP contribution in [0.3, 0.4) is 0 Å². The molecule has 2 bridgehead atoms. The standard InChI is InChI=1S/C18H29NO2/c1-11-6-7-14(20-11)16(12(2)19)21-15-10-13-8-9-18(15,5)17(13,3)4/h6-7,12-13,15-16H,8-10,19H2,1-5H3. The van der Waals surface area contributed by atoms with Crippen LogP contribution in [0.5, 0.6) is 0 Å². The number of nitrogens with two attached hydrogens (primary N) is 1. The Hall–Kier alpha value is -0.800. The van der Waals surface area contributed by atoms with E-state index in [4.69, 9.17) is 14.9 Å². The number of hydrogen-bond acceptors (Lipinski definition) is 3. The Balaban J connectivity index is 1.82. The Labute approximate surface area is 128 Å². The molecule has 1 heterocycles. The maximum absolute atomic E-state index is 6.53. The minimum atomic E-state index is -0.143. The second-order valence-electron chi connectivity index (χ2n) is 7.96. The van der Waals surface area contributed by atoms with Crippen molar-refractivity contribution in [2.45, 2.75) is 72.1 Å². The van der Waals surface area contributed by atoms with E-state index < -0.39 is 0 Å². The van der Waals surface area contributed by atoms with Gasteiger partial charge in [0.25, 0.3) is 0 Å². The molecule has 1 aromatic rings. The second-order valence-corrected chi connectivity index (χ2v) is 7.96. The van der Waals surface area contributed by atoms with Crippen LogP contribution in [-0.2, 0) is 4.74 Å². The van der Waals surface area contributed by atoms with Gasteiger partial charge in [-0.25, -0.2) is 0 Å². The molecule has 0 spiro atoms. The van der Waals surface area contributed by atoms with Crippen LogP contribution < -0.4 is 5.73 Å². The summed E-state index contributed by atoms with van der Waals surface area (Å²) in [6.45, 7) is 11.2. The zero-order chi connectivity index (χ0) is 15.4. The fourth-order valence-electron chi connectivity index (χ4n) is 4.57. The van der Waals surface area contributed by atoms with Crippen molar-refractivity contribution in [3.63, 3.8) is 0 Å². The fraction of sp³-hybridized carbons (Fsp3) is 0.778. The van der Waals surface area contributed by atoms with Crippen molar-refractivity contribution in [3.05, 3.63) is 23.7 Å². The lowest BCUT2D eigenvalue weighted by atomic mass is 9.70. The highest BCUT2D eigenvalue weighted by Crippen LogP contribution is 2.66. The number of furan rings is 1. The average molecular weight is 291 g/mol. The molecule has 118 valence electrons. The zero-order valence-electron chi connectivity index (χ0n) is 14.0. The molecule has 0 radical (unpaired) electrons. The van der Waals surface area contributed by atoms with Crippen molar-refractivity contribution in [1.82, 2.24) is 0 Å². The van der Waals surface area contributed by atoms with Gasteiger partial charge in [0, 0.05) is 6.04 Å². The molecule has 2 N–H and O–H groups in total. The summed E-state index contributed by atoms with van der Waals surface area (Å²) in [6, 6.07) is 3.92. The number of hydrogen-bond donors (Lipinski definition) is 1. The predicted molar refractivity (Wildman–Crippen MR) is 83.9 cm³/mol. The maximum atomic E-state index is 6.53. The van der Waals surface area contributed by atoms with Gasteiger partial charge in [-0.05, 0) is 62.0 Å². The largest absolute Gasteiger partial charge is 0.464 e. The molecule has 2 fully saturated rings. The first kappa shape index (κ1) is 15.1. The van der Waals surface area contributed by atoms with Gasteiger partial charge in [-0.15, -0.1) is 0 Å². The van der Waals surface area contributed by atoms with E-state index in [0.717, 1.165) is 23.9 Å². The summed E-state index contributed by atoms with van der Waals surface area (Å²) in [7, 11) is 0. The highest BCUT2D eigenvalue weighted by Gasteiger charge is 2.62. The molecule has 0 aromatic carbocycles. The van der Waals surface area contributed by atoms with Crippen LogP contribution in [0, 0.1) is 23.7 Å². The third kappa shape index (κ3) is 2.17. The third-order valence-electron chi connectivity index (χ3n) is 6.54. The molecule has 2 aliphatic rings.